The van der Waals surface area contributed by atoms with Crippen LogP contribution in [0.4, 0.5) is 0 Å². The molecule has 2 nitrogen and oxygen atoms in total. The first-order valence-electron chi connectivity index (χ1n) is 3.06. The van der Waals surface area contributed by atoms with E-state index in [2.05, 4.69) is 11.7 Å². The molecule has 0 aromatic rings. The van der Waals surface area contributed by atoms with Crippen LogP contribution in [-0.2, 0) is 27.8 Å². The molecule has 0 heterocycles. The van der Waals surface area contributed by atoms with Crippen LogP contribution in [0.2, 0.25) is 5.02 Å². The number of rotatable bonds is 3. The second-order valence-electron chi connectivity index (χ2n) is 2.17. The largest absolute Gasteiger partial charge is 1.00 e. The molecular weight excluding hydrogens is 249 g/mol. The molecule has 56 valence electrons. The maximum Gasteiger partial charge on any atom is -1.00 e. The summed E-state index contributed by atoms with van der Waals surface area (Å²) in [5.41, 5.74) is 0. The van der Waals surface area contributed by atoms with Gasteiger partial charge in [-0.3, -0.25) is 0 Å². The number of hydrogen-bond donors (Lipinski definition) is 0. The van der Waals surface area contributed by atoms with Gasteiger partial charge in [-0.1, -0.05) is 0 Å². The van der Waals surface area contributed by atoms with Gasteiger partial charge in [0.1, 0.15) is 0 Å². The molecule has 0 aromatic heterocycles. The molecule has 1 unspecified atom stereocenters. The minimum atomic E-state index is -0.0871. The first kappa shape index (κ1) is 13.2. The SMILES string of the molecule is COC(=O)CC(C)[CH2][Zn+].[Br-]. The number of carbonyl (C=O) groups excluding carboxylic acids is 1. The number of ether oxygens (including phenoxy) is 1. The zero-order chi connectivity index (χ0) is 7.28. The summed E-state index contributed by atoms with van der Waals surface area (Å²) in [6, 6.07) is 0. The van der Waals surface area contributed by atoms with E-state index in [0.29, 0.717) is 12.3 Å². The van der Waals surface area contributed by atoms with Crippen LogP contribution in [0.5, 0.6) is 0 Å². The van der Waals surface area contributed by atoms with Crippen molar-refractivity contribution in [1.29, 1.82) is 0 Å². The first-order chi connectivity index (χ1) is 4.20. The molecular formula is C6H11BrO2Zn. The Morgan fingerprint density at radius 2 is 2.20 bits per heavy atom. The fourth-order valence-electron chi connectivity index (χ4n) is 0.470. The van der Waals surface area contributed by atoms with Gasteiger partial charge in [-0.15, -0.1) is 0 Å². The fourth-order valence-corrected chi connectivity index (χ4v) is 0.898. The Kier molecular flexibility index (Phi) is 10.1. The van der Waals surface area contributed by atoms with E-state index in [4.69, 9.17) is 0 Å². The smallest absolute Gasteiger partial charge is 1.00 e. The number of halogens is 1. The van der Waals surface area contributed by atoms with Gasteiger partial charge >= 0.3 is 65.2 Å². The molecule has 0 N–H and O–H groups in total. The second kappa shape index (κ2) is 7.68. The van der Waals surface area contributed by atoms with Gasteiger partial charge in [0.2, 0.25) is 0 Å². The molecule has 1 atom stereocenters. The Labute approximate surface area is 82.2 Å². The Hall–Kier alpha value is 0.573. The van der Waals surface area contributed by atoms with E-state index in [1.165, 1.54) is 25.4 Å². The van der Waals surface area contributed by atoms with E-state index in [-0.39, 0.29) is 23.0 Å². The standard InChI is InChI=1S/C6H11O2.BrH.Zn/c1-5(2)4-6(7)8-3;;/h5H,1,4H2,2-3H3;1H;/q;;+1/p-1. The van der Waals surface area contributed by atoms with Gasteiger partial charge in [0, 0.05) is 0 Å². The zero-order valence-electron chi connectivity index (χ0n) is 6.39. The van der Waals surface area contributed by atoms with Crippen LogP contribution in [0.3, 0.4) is 0 Å². The maximum atomic E-state index is 10.6. The summed E-state index contributed by atoms with van der Waals surface area (Å²) in [5, 5.41) is 1.16. The molecule has 0 radical (unpaired) electrons. The number of methoxy groups -OCH3 is 1. The number of esters is 1. The van der Waals surface area contributed by atoms with E-state index in [1.807, 2.05) is 0 Å². The Balaban J connectivity index is 0. The van der Waals surface area contributed by atoms with E-state index >= 15 is 0 Å². The van der Waals surface area contributed by atoms with Crippen LogP contribution in [-0.4, -0.2) is 13.1 Å². The van der Waals surface area contributed by atoms with Crippen LogP contribution in [0.25, 0.3) is 0 Å². The zero-order valence-corrected chi connectivity index (χ0v) is 10.9. The summed E-state index contributed by atoms with van der Waals surface area (Å²) in [7, 11) is 1.43. The van der Waals surface area contributed by atoms with Crippen molar-refractivity contribution < 1.29 is 44.8 Å². The molecule has 0 amide bonds. The molecule has 0 aromatic carbocycles. The summed E-state index contributed by atoms with van der Waals surface area (Å²) >= 11 is 1.26. The fraction of sp³-hybridized carbons (Fsp3) is 0.833. The van der Waals surface area contributed by atoms with E-state index in [9.17, 15) is 4.79 Å². The van der Waals surface area contributed by atoms with E-state index in [1.54, 1.807) is 0 Å². The molecule has 0 spiro atoms. The summed E-state index contributed by atoms with van der Waals surface area (Å²) in [6.07, 6.45) is 0.580. The molecule has 0 aliphatic rings. The average Bonchev–Trinajstić information content (AvgIpc) is 1.87. The maximum absolute atomic E-state index is 10.6. The van der Waals surface area contributed by atoms with Crippen molar-refractivity contribution in [2.45, 2.75) is 18.4 Å². The van der Waals surface area contributed by atoms with E-state index < -0.39 is 0 Å². The predicted octanol–water partition coefficient (Wildman–Crippen LogP) is -1.85. The van der Waals surface area contributed by atoms with Crippen molar-refractivity contribution in [2.75, 3.05) is 7.11 Å². The van der Waals surface area contributed by atoms with Gasteiger partial charge in [-0.2, -0.15) is 0 Å². The Morgan fingerprint density at radius 3 is 2.50 bits per heavy atom. The first-order valence-corrected chi connectivity index (χ1v) is 5.16. The molecule has 0 aliphatic carbocycles. The molecule has 10 heavy (non-hydrogen) atoms. The van der Waals surface area contributed by atoms with Crippen molar-refractivity contribution in [1.82, 2.24) is 0 Å². The van der Waals surface area contributed by atoms with Crippen molar-refractivity contribution in [3.63, 3.8) is 0 Å². The van der Waals surface area contributed by atoms with Gasteiger partial charge in [0.05, 0.1) is 0 Å². The molecule has 0 rings (SSSR count). The predicted molar refractivity (Wildman–Crippen MR) is 30.6 cm³/mol. The van der Waals surface area contributed by atoms with Crippen LogP contribution in [0.15, 0.2) is 0 Å². The topological polar surface area (TPSA) is 26.3 Å². The normalized spacial score (nSPS) is 11.6. The third kappa shape index (κ3) is 6.69. The Morgan fingerprint density at radius 1 is 1.70 bits per heavy atom. The van der Waals surface area contributed by atoms with Crippen molar-refractivity contribution in [2.24, 2.45) is 5.92 Å². The summed E-state index contributed by atoms with van der Waals surface area (Å²) < 4.78 is 4.50. The second-order valence-corrected chi connectivity index (χ2v) is 3.39. The summed E-state index contributed by atoms with van der Waals surface area (Å²) in [6.45, 7) is 2.07. The van der Waals surface area contributed by atoms with Crippen LogP contribution in [0.1, 0.15) is 13.3 Å². The Bertz CT molecular complexity index is 97.7. The average molecular weight is 260 g/mol. The molecule has 0 fully saturated rings. The van der Waals surface area contributed by atoms with Gasteiger partial charge in [0.15, 0.2) is 0 Å². The van der Waals surface area contributed by atoms with Gasteiger partial charge in [0.25, 0.3) is 0 Å². The summed E-state index contributed by atoms with van der Waals surface area (Å²) in [4.78, 5) is 10.6. The minimum absolute atomic E-state index is 0. The van der Waals surface area contributed by atoms with Gasteiger partial charge in [-0.25, -0.2) is 0 Å². The van der Waals surface area contributed by atoms with Crippen LogP contribution < -0.4 is 17.0 Å². The number of carbonyl (C=O) groups is 1. The molecule has 0 saturated carbocycles. The van der Waals surface area contributed by atoms with Gasteiger partial charge in [-0.05, 0) is 0 Å². The third-order valence-electron chi connectivity index (χ3n) is 1.24. The third-order valence-corrected chi connectivity index (χ3v) is 3.30. The molecule has 4 heteroatoms. The number of hydrogen-bond acceptors (Lipinski definition) is 2. The molecule has 0 aliphatic heterocycles. The van der Waals surface area contributed by atoms with Crippen molar-refractivity contribution in [3.8, 4) is 0 Å². The van der Waals surface area contributed by atoms with Crippen LogP contribution in [0, 0.1) is 5.92 Å². The minimum Gasteiger partial charge on any atom is -1.00 e. The monoisotopic (exact) mass is 258 g/mol. The van der Waals surface area contributed by atoms with E-state index in [0.717, 1.165) is 5.02 Å². The molecule has 0 bridgehead atoms. The van der Waals surface area contributed by atoms with Crippen LogP contribution >= 0.6 is 0 Å². The summed E-state index contributed by atoms with van der Waals surface area (Å²) in [5.74, 6) is 0.424. The van der Waals surface area contributed by atoms with Crippen molar-refractivity contribution in [3.05, 3.63) is 0 Å². The quantitative estimate of drug-likeness (QED) is 0.440. The molecule has 0 saturated heterocycles. The van der Waals surface area contributed by atoms with Crippen molar-refractivity contribution >= 4 is 5.97 Å². The van der Waals surface area contributed by atoms with Gasteiger partial charge < -0.3 is 17.0 Å².